The van der Waals surface area contributed by atoms with Gasteiger partial charge in [-0.05, 0) is 39.3 Å². The molecule has 2 heterocycles. The molecular weight excluding hydrogens is 330 g/mol. The number of ether oxygens (including phenoxy) is 1. The van der Waals surface area contributed by atoms with Crippen molar-refractivity contribution >= 4 is 11.9 Å². The van der Waals surface area contributed by atoms with Gasteiger partial charge in [-0.1, -0.05) is 6.92 Å². The molecule has 0 aromatic carbocycles. The molecule has 2 atom stereocenters. The molecule has 150 valence electrons. The third-order valence-corrected chi connectivity index (χ3v) is 5.41. The number of aliphatic imine (C=N–C) groups is 1. The standard InChI is InChI=1S/C19H37N5O2/c1-5-23-10-7-8-17(23)12-20-19(21-13-18(25)22(3)4)24-11-9-16(14-24)15-26-6-2/h16-17H,5-15H2,1-4H3,(H,20,21). The molecule has 7 nitrogen and oxygen atoms in total. The predicted octanol–water partition coefficient (Wildman–Crippen LogP) is 0.863. The normalized spacial score (nSPS) is 24.3. The van der Waals surface area contributed by atoms with Crippen LogP contribution in [0.25, 0.3) is 0 Å². The van der Waals surface area contributed by atoms with E-state index in [-0.39, 0.29) is 12.5 Å². The first kappa shape index (κ1) is 21.0. The number of amides is 1. The molecular formula is C19H37N5O2. The lowest BCUT2D eigenvalue weighted by molar-refractivity contribution is -0.127. The molecule has 0 radical (unpaired) electrons. The number of hydrogen-bond acceptors (Lipinski definition) is 4. The molecule has 0 aromatic heterocycles. The molecule has 0 saturated carbocycles. The van der Waals surface area contributed by atoms with Crippen LogP contribution < -0.4 is 5.32 Å². The molecule has 0 aromatic rings. The molecule has 0 bridgehead atoms. The monoisotopic (exact) mass is 367 g/mol. The Kier molecular flexibility index (Phi) is 8.65. The molecule has 2 aliphatic rings. The van der Waals surface area contributed by atoms with Gasteiger partial charge < -0.3 is 19.9 Å². The van der Waals surface area contributed by atoms with Crippen molar-refractivity contribution in [1.82, 2.24) is 20.0 Å². The number of guanidine groups is 1. The topological polar surface area (TPSA) is 60.4 Å². The van der Waals surface area contributed by atoms with Crippen LogP contribution in [0.1, 0.15) is 33.1 Å². The summed E-state index contributed by atoms with van der Waals surface area (Å²) in [4.78, 5) is 23.0. The van der Waals surface area contributed by atoms with Crippen molar-refractivity contribution in [3.05, 3.63) is 0 Å². The summed E-state index contributed by atoms with van der Waals surface area (Å²) < 4.78 is 5.59. The van der Waals surface area contributed by atoms with E-state index in [1.165, 1.54) is 19.4 Å². The van der Waals surface area contributed by atoms with E-state index >= 15 is 0 Å². The summed E-state index contributed by atoms with van der Waals surface area (Å²) in [6.45, 7) is 11.1. The zero-order valence-corrected chi connectivity index (χ0v) is 17.0. The Bertz CT molecular complexity index is 469. The van der Waals surface area contributed by atoms with Gasteiger partial charge in [-0.2, -0.15) is 0 Å². The quantitative estimate of drug-likeness (QED) is 0.509. The lowest BCUT2D eigenvalue weighted by Gasteiger charge is -2.27. The Labute approximate surface area is 158 Å². The molecule has 26 heavy (non-hydrogen) atoms. The molecule has 2 aliphatic heterocycles. The lowest BCUT2D eigenvalue weighted by Crippen LogP contribution is -2.46. The zero-order chi connectivity index (χ0) is 18.9. The number of nitrogens with zero attached hydrogens (tertiary/aromatic N) is 4. The first-order chi connectivity index (χ1) is 12.5. The Hall–Kier alpha value is -1.34. The zero-order valence-electron chi connectivity index (χ0n) is 17.0. The second-order valence-electron chi connectivity index (χ2n) is 7.49. The molecule has 1 amide bonds. The first-order valence-electron chi connectivity index (χ1n) is 10.1. The SMILES string of the molecule is CCOCC1CCN(C(=NCC(=O)N(C)C)NCC2CCCN2CC)C1. The molecule has 2 saturated heterocycles. The average Bonchev–Trinajstić information content (AvgIpc) is 3.28. The maximum atomic E-state index is 12.0. The van der Waals surface area contributed by atoms with E-state index in [1.54, 1.807) is 19.0 Å². The summed E-state index contributed by atoms with van der Waals surface area (Å²) in [5.74, 6) is 1.46. The van der Waals surface area contributed by atoms with Gasteiger partial charge in [-0.15, -0.1) is 0 Å². The first-order valence-corrected chi connectivity index (χ1v) is 10.1. The highest BCUT2D eigenvalue weighted by atomic mass is 16.5. The molecule has 1 N–H and O–H groups in total. The Morgan fingerprint density at radius 3 is 2.77 bits per heavy atom. The van der Waals surface area contributed by atoms with Gasteiger partial charge in [0.15, 0.2) is 5.96 Å². The second kappa shape index (κ2) is 10.7. The highest BCUT2D eigenvalue weighted by molar-refractivity contribution is 5.85. The van der Waals surface area contributed by atoms with Crippen LogP contribution in [-0.4, -0.2) is 99.2 Å². The average molecular weight is 368 g/mol. The molecule has 7 heteroatoms. The van der Waals surface area contributed by atoms with E-state index in [4.69, 9.17) is 4.74 Å². The summed E-state index contributed by atoms with van der Waals surface area (Å²) in [5.41, 5.74) is 0. The fraction of sp³-hybridized carbons (Fsp3) is 0.895. The van der Waals surface area contributed by atoms with Crippen molar-refractivity contribution in [2.75, 3.05) is 66.6 Å². The Morgan fingerprint density at radius 2 is 2.08 bits per heavy atom. The van der Waals surface area contributed by atoms with Crippen LogP contribution in [0.5, 0.6) is 0 Å². The molecule has 0 aliphatic carbocycles. The van der Waals surface area contributed by atoms with E-state index in [0.717, 1.165) is 51.8 Å². The van der Waals surface area contributed by atoms with Gasteiger partial charge in [0.25, 0.3) is 0 Å². The number of carbonyl (C=O) groups is 1. The molecule has 2 rings (SSSR count). The number of likely N-dealkylation sites (N-methyl/N-ethyl adjacent to an activating group) is 2. The Balaban J connectivity index is 1.95. The van der Waals surface area contributed by atoms with Gasteiger partial charge in [-0.3, -0.25) is 9.69 Å². The maximum Gasteiger partial charge on any atom is 0.243 e. The van der Waals surface area contributed by atoms with Gasteiger partial charge in [0.2, 0.25) is 5.91 Å². The van der Waals surface area contributed by atoms with E-state index in [2.05, 4.69) is 27.0 Å². The van der Waals surface area contributed by atoms with E-state index in [9.17, 15) is 4.79 Å². The van der Waals surface area contributed by atoms with Crippen LogP contribution in [0.15, 0.2) is 4.99 Å². The number of likely N-dealkylation sites (tertiary alicyclic amines) is 2. The van der Waals surface area contributed by atoms with Crippen molar-refractivity contribution in [2.45, 2.75) is 39.2 Å². The lowest BCUT2D eigenvalue weighted by atomic mass is 10.1. The van der Waals surface area contributed by atoms with Crippen LogP contribution in [0, 0.1) is 5.92 Å². The smallest absolute Gasteiger partial charge is 0.243 e. The van der Waals surface area contributed by atoms with E-state index < -0.39 is 0 Å². The van der Waals surface area contributed by atoms with E-state index in [0.29, 0.717) is 12.0 Å². The molecule has 0 spiro atoms. The van der Waals surface area contributed by atoms with Crippen molar-refractivity contribution in [2.24, 2.45) is 10.9 Å². The van der Waals surface area contributed by atoms with Gasteiger partial charge in [0, 0.05) is 52.3 Å². The van der Waals surface area contributed by atoms with Crippen LogP contribution in [-0.2, 0) is 9.53 Å². The van der Waals surface area contributed by atoms with E-state index in [1.807, 2.05) is 6.92 Å². The van der Waals surface area contributed by atoms with Gasteiger partial charge >= 0.3 is 0 Å². The van der Waals surface area contributed by atoms with Gasteiger partial charge in [-0.25, -0.2) is 4.99 Å². The van der Waals surface area contributed by atoms with Crippen molar-refractivity contribution in [3.63, 3.8) is 0 Å². The fourth-order valence-corrected chi connectivity index (χ4v) is 3.75. The third kappa shape index (κ3) is 6.13. The summed E-state index contributed by atoms with van der Waals surface area (Å²) in [7, 11) is 3.55. The fourth-order valence-electron chi connectivity index (χ4n) is 3.75. The summed E-state index contributed by atoms with van der Waals surface area (Å²) >= 11 is 0. The summed E-state index contributed by atoms with van der Waals surface area (Å²) in [6, 6.07) is 0.566. The minimum atomic E-state index is 0.0328. The molecule has 2 fully saturated rings. The number of hydrogen-bond donors (Lipinski definition) is 1. The second-order valence-corrected chi connectivity index (χ2v) is 7.49. The predicted molar refractivity (Wildman–Crippen MR) is 105 cm³/mol. The van der Waals surface area contributed by atoms with Crippen LogP contribution in [0.3, 0.4) is 0 Å². The van der Waals surface area contributed by atoms with Gasteiger partial charge in [0.1, 0.15) is 6.54 Å². The number of rotatable bonds is 8. The van der Waals surface area contributed by atoms with Crippen molar-refractivity contribution in [1.29, 1.82) is 0 Å². The summed E-state index contributed by atoms with van der Waals surface area (Å²) in [6.07, 6.45) is 3.62. The van der Waals surface area contributed by atoms with Crippen LogP contribution >= 0.6 is 0 Å². The highest BCUT2D eigenvalue weighted by Gasteiger charge is 2.27. The van der Waals surface area contributed by atoms with Gasteiger partial charge in [0.05, 0.1) is 6.61 Å². The van der Waals surface area contributed by atoms with Crippen molar-refractivity contribution in [3.8, 4) is 0 Å². The maximum absolute atomic E-state index is 12.0. The largest absolute Gasteiger partial charge is 0.381 e. The van der Waals surface area contributed by atoms with Crippen molar-refractivity contribution < 1.29 is 9.53 Å². The highest BCUT2D eigenvalue weighted by Crippen LogP contribution is 2.18. The van der Waals surface area contributed by atoms with Crippen LogP contribution in [0.4, 0.5) is 0 Å². The third-order valence-electron chi connectivity index (χ3n) is 5.41. The summed E-state index contributed by atoms with van der Waals surface area (Å²) in [5, 5.41) is 3.56. The van der Waals surface area contributed by atoms with Crippen LogP contribution in [0.2, 0.25) is 0 Å². The minimum Gasteiger partial charge on any atom is -0.381 e. The minimum absolute atomic E-state index is 0.0328. The molecule has 2 unspecified atom stereocenters. The Morgan fingerprint density at radius 1 is 1.27 bits per heavy atom. The number of nitrogens with one attached hydrogen (secondary N) is 1. The number of carbonyl (C=O) groups excluding carboxylic acids is 1.